The van der Waals surface area contributed by atoms with Crippen LogP contribution in [0.15, 0.2) is 168 Å². The van der Waals surface area contributed by atoms with E-state index in [2.05, 4.69) is 91.0 Å². The minimum atomic E-state index is -3.13. The molecule has 3 heteroatoms. The van der Waals surface area contributed by atoms with Crippen molar-refractivity contribution in [2.75, 3.05) is 0 Å². The summed E-state index contributed by atoms with van der Waals surface area (Å²) in [6.45, 7) is 0. The van der Waals surface area contributed by atoms with E-state index in [0.717, 1.165) is 43.4 Å². The van der Waals surface area contributed by atoms with Crippen molar-refractivity contribution in [3.05, 3.63) is 164 Å². The molecular weight excluding hydrogens is 567 g/mol. The maximum absolute atomic E-state index is 15.2. The predicted molar refractivity (Wildman–Crippen MR) is 191 cm³/mol. The van der Waals surface area contributed by atoms with Gasteiger partial charge in [-0.25, -0.2) is 0 Å². The summed E-state index contributed by atoms with van der Waals surface area (Å²) in [7, 11) is -3.13. The fourth-order valence-corrected chi connectivity index (χ4v) is 9.72. The van der Waals surface area contributed by atoms with Crippen LogP contribution in [0.2, 0.25) is 0 Å². The van der Waals surface area contributed by atoms with E-state index in [1.54, 1.807) is 0 Å². The highest BCUT2D eigenvalue weighted by molar-refractivity contribution is 7.85. The first-order valence-corrected chi connectivity index (χ1v) is 16.9. The number of benzene rings is 8. The van der Waals surface area contributed by atoms with Crippen molar-refractivity contribution >= 4 is 77.3 Å². The fourth-order valence-electron chi connectivity index (χ4n) is 7.05. The summed E-state index contributed by atoms with van der Waals surface area (Å²) >= 11 is 0. The van der Waals surface area contributed by atoms with Crippen molar-refractivity contribution < 1.29 is 8.98 Å². The number of furan rings is 1. The topological polar surface area (TPSA) is 30.2 Å². The van der Waals surface area contributed by atoms with Crippen LogP contribution in [0.4, 0.5) is 0 Å². The van der Waals surface area contributed by atoms with Gasteiger partial charge in [0.1, 0.15) is 11.2 Å². The highest BCUT2D eigenvalue weighted by atomic mass is 31.2. The molecule has 0 saturated heterocycles. The van der Waals surface area contributed by atoms with Crippen LogP contribution in [-0.2, 0) is 4.57 Å². The van der Waals surface area contributed by atoms with E-state index in [-0.39, 0.29) is 0 Å². The molecule has 0 aliphatic heterocycles. The third kappa shape index (κ3) is 3.93. The van der Waals surface area contributed by atoms with Crippen LogP contribution in [0, 0.1) is 0 Å². The largest absolute Gasteiger partial charge is 0.456 e. The average Bonchev–Trinajstić information content (AvgIpc) is 3.49. The summed E-state index contributed by atoms with van der Waals surface area (Å²) in [6, 6.07) is 56.1. The maximum atomic E-state index is 15.2. The second-order valence-corrected chi connectivity index (χ2v) is 14.4. The molecule has 0 radical (unpaired) electrons. The van der Waals surface area contributed by atoms with Gasteiger partial charge in [0.05, 0.1) is 0 Å². The molecular formula is C42H27O2P. The molecule has 0 spiro atoms. The lowest BCUT2D eigenvalue weighted by Gasteiger charge is -2.20. The number of hydrogen-bond acceptors (Lipinski definition) is 2. The summed E-state index contributed by atoms with van der Waals surface area (Å²) in [5.41, 5.74) is 3.90. The van der Waals surface area contributed by atoms with Gasteiger partial charge in [-0.15, -0.1) is 0 Å². The molecule has 0 bridgehead atoms. The minimum absolute atomic E-state index is 0.785. The van der Waals surface area contributed by atoms with Gasteiger partial charge in [-0.3, -0.25) is 0 Å². The van der Waals surface area contributed by atoms with Crippen LogP contribution in [0.25, 0.3) is 65.4 Å². The summed E-state index contributed by atoms with van der Waals surface area (Å²) in [5, 5.41) is 11.9. The SMILES string of the molecule is O=P(c1ccccc1)(c1ccccc1)c1ccc2oc3ccc(-c4cccc5c6ccccc6c6ccccc6c45)cc3c2c1. The van der Waals surface area contributed by atoms with E-state index in [0.29, 0.717) is 0 Å². The van der Waals surface area contributed by atoms with Crippen LogP contribution in [-0.4, -0.2) is 0 Å². The van der Waals surface area contributed by atoms with Crippen LogP contribution in [0.5, 0.6) is 0 Å². The van der Waals surface area contributed by atoms with E-state index >= 15 is 4.57 Å². The van der Waals surface area contributed by atoms with Crippen molar-refractivity contribution in [1.29, 1.82) is 0 Å². The lowest BCUT2D eigenvalue weighted by atomic mass is 9.89. The highest BCUT2D eigenvalue weighted by Gasteiger charge is 2.30. The Balaban J connectivity index is 1.30. The van der Waals surface area contributed by atoms with Crippen molar-refractivity contribution in [2.24, 2.45) is 0 Å². The molecule has 0 N–H and O–H groups in total. The van der Waals surface area contributed by atoms with Gasteiger partial charge in [-0.05, 0) is 73.8 Å². The summed E-state index contributed by atoms with van der Waals surface area (Å²) < 4.78 is 21.5. The first-order chi connectivity index (χ1) is 22.2. The Morgan fingerprint density at radius 1 is 0.378 bits per heavy atom. The first-order valence-electron chi connectivity index (χ1n) is 15.2. The molecule has 0 aliphatic rings. The van der Waals surface area contributed by atoms with E-state index in [1.165, 1.54) is 37.9 Å². The molecule has 9 aromatic rings. The van der Waals surface area contributed by atoms with Gasteiger partial charge >= 0.3 is 0 Å². The summed E-state index contributed by atoms with van der Waals surface area (Å²) in [5.74, 6) is 0. The van der Waals surface area contributed by atoms with Gasteiger partial charge < -0.3 is 8.98 Å². The summed E-state index contributed by atoms with van der Waals surface area (Å²) in [4.78, 5) is 0. The van der Waals surface area contributed by atoms with Crippen LogP contribution < -0.4 is 15.9 Å². The quantitative estimate of drug-likeness (QED) is 0.150. The zero-order valence-electron chi connectivity index (χ0n) is 24.4. The second-order valence-electron chi connectivity index (χ2n) is 11.6. The van der Waals surface area contributed by atoms with E-state index in [9.17, 15) is 0 Å². The van der Waals surface area contributed by atoms with Crippen molar-refractivity contribution in [3.8, 4) is 11.1 Å². The fraction of sp³-hybridized carbons (Fsp3) is 0. The molecule has 9 rings (SSSR count). The van der Waals surface area contributed by atoms with Crippen LogP contribution in [0.3, 0.4) is 0 Å². The Hall–Kier alpha value is -5.43. The molecule has 2 nitrogen and oxygen atoms in total. The van der Waals surface area contributed by atoms with E-state index in [4.69, 9.17) is 4.42 Å². The Morgan fingerprint density at radius 3 is 1.49 bits per heavy atom. The summed E-state index contributed by atoms with van der Waals surface area (Å²) in [6.07, 6.45) is 0. The van der Waals surface area contributed by atoms with E-state index < -0.39 is 7.14 Å². The van der Waals surface area contributed by atoms with Crippen molar-refractivity contribution in [3.63, 3.8) is 0 Å². The van der Waals surface area contributed by atoms with Crippen LogP contribution in [0.1, 0.15) is 0 Å². The number of rotatable bonds is 4. The van der Waals surface area contributed by atoms with Gasteiger partial charge in [0, 0.05) is 26.7 Å². The molecule has 0 aliphatic carbocycles. The van der Waals surface area contributed by atoms with E-state index in [1.807, 2.05) is 72.8 Å². The molecule has 0 amide bonds. The molecule has 0 atom stereocenters. The third-order valence-corrected chi connectivity index (χ3v) is 12.2. The number of hydrogen-bond donors (Lipinski definition) is 0. The minimum Gasteiger partial charge on any atom is -0.456 e. The Kier molecular flexibility index (Phi) is 5.81. The third-order valence-electron chi connectivity index (χ3n) is 9.14. The normalized spacial score (nSPS) is 12.1. The Morgan fingerprint density at radius 2 is 0.867 bits per heavy atom. The lowest BCUT2D eigenvalue weighted by Crippen LogP contribution is -2.24. The molecule has 0 saturated carbocycles. The van der Waals surface area contributed by atoms with Gasteiger partial charge in [0.15, 0.2) is 7.14 Å². The predicted octanol–water partition coefficient (Wildman–Crippen LogP) is 10.4. The zero-order valence-corrected chi connectivity index (χ0v) is 25.2. The molecule has 45 heavy (non-hydrogen) atoms. The van der Waals surface area contributed by atoms with Gasteiger partial charge in [0.2, 0.25) is 0 Å². The molecule has 0 unspecified atom stereocenters. The standard InChI is InChI=1S/C42H27O2P/c43-45(29-12-3-1-4-13-29,30-14-5-2-6-15-30)31-23-25-41-39(27-31)38-26-28(22-24-40(38)44-41)32-20-11-21-37-35-17-8-7-16-33(35)34-18-9-10-19-36(34)42(32)37/h1-27H. The first kappa shape index (κ1) is 26.0. The Labute approximate surface area is 260 Å². The Bertz CT molecular complexity index is 2530. The maximum Gasteiger partial charge on any atom is 0.171 e. The molecule has 1 aromatic heterocycles. The van der Waals surface area contributed by atoms with Gasteiger partial charge in [0.25, 0.3) is 0 Å². The van der Waals surface area contributed by atoms with Crippen molar-refractivity contribution in [2.45, 2.75) is 0 Å². The highest BCUT2D eigenvalue weighted by Crippen LogP contribution is 2.45. The second kappa shape index (κ2) is 10.1. The lowest BCUT2D eigenvalue weighted by molar-refractivity contribution is 0.592. The molecule has 1 heterocycles. The average molecular weight is 595 g/mol. The number of fused-ring (bicyclic) bond motifs is 9. The van der Waals surface area contributed by atoms with Crippen LogP contribution >= 0.6 is 7.14 Å². The van der Waals surface area contributed by atoms with Gasteiger partial charge in [-0.2, -0.15) is 0 Å². The molecule has 8 aromatic carbocycles. The smallest absolute Gasteiger partial charge is 0.171 e. The molecule has 212 valence electrons. The monoisotopic (exact) mass is 594 g/mol. The van der Waals surface area contributed by atoms with Gasteiger partial charge in [-0.1, -0.05) is 133 Å². The molecule has 0 fully saturated rings. The zero-order chi connectivity index (χ0) is 30.0. The van der Waals surface area contributed by atoms with Crippen molar-refractivity contribution in [1.82, 2.24) is 0 Å².